The molecule has 0 aromatic heterocycles. The fourth-order valence-corrected chi connectivity index (χ4v) is 2.90. The quantitative estimate of drug-likeness (QED) is 0.209. The number of aliphatic hydroxyl groups excluding tert-OH is 1. The molecule has 33 heavy (non-hydrogen) atoms. The summed E-state index contributed by atoms with van der Waals surface area (Å²) < 4.78 is 0. The van der Waals surface area contributed by atoms with Gasteiger partial charge in [-0.2, -0.15) is 0 Å². The van der Waals surface area contributed by atoms with E-state index in [0.717, 1.165) is 0 Å². The third kappa shape index (κ3) is 8.70. The highest BCUT2D eigenvalue weighted by Gasteiger charge is 2.32. The van der Waals surface area contributed by atoms with E-state index < -0.39 is 54.0 Å². The van der Waals surface area contributed by atoms with E-state index in [4.69, 9.17) is 5.73 Å². The van der Waals surface area contributed by atoms with E-state index in [0.29, 0.717) is 12.0 Å². The van der Waals surface area contributed by atoms with Crippen LogP contribution in [0.4, 0.5) is 0 Å². The summed E-state index contributed by atoms with van der Waals surface area (Å²) in [5.41, 5.74) is 6.40. The third-order valence-corrected chi connectivity index (χ3v) is 5.37. The minimum Gasteiger partial charge on any atom is -0.508 e. The first kappa shape index (κ1) is 27.9. The van der Waals surface area contributed by atoms with Crippen molar-refractivity contribution in [1.82, 2.24) is 16.0 Å². The number of rotatable bonds is 12. The molecule has 0 saturated carbocycles. The smallest absolute Gasteiger partial charge is 0.326 e. The van der Waals surface area contributed by atoms with Crippen LogP contribution in [0.2, 0.25) is 0 Å². The van der Waals surface area contributed by atoms with Gasteiger partial charge < -0.3 is 37.0 Å². The van der Waals surface area contributed by atoms with Crippen LogP contribution in [0, 0.1) is 5.92 Å². The minimum atomic E-state index is -1.46. The van der Waals surface area contributed by atoms with Crippen LogP contribution in [0.3, 0.4) is 0 Å². The number of carboxylic acids is 1. The van der Waals surface area contributed by atoms with E-state index in [1.807, 2.05) is 6.92 Å². The average Bonchev–Trinajstić information content (AvgIpc) is 2.76. The Balaban J connectivity index is 2.81. The lowest BCUT2D eigenvalue weighted by Crippen LogP contribution is -2.59. The van der Waals surface area contributed by atoms with E-state index in [1.165, 1.54) is 38.1 Å². The maximum atomic E-state index is 12.7. The molecule has 11 nitrogen and oxygen atoms in total. The normalized spacial score (nSPS) is 16.4. The summed E-state index contributed by atoms with van der Waals surface area (Å²) in [5.74, 6) is -3.57. The number of hydrogen-bond donors (Lipinski definition) is 7. The zero-order chi connectivity index (χ0) is 25.3. The van der Waals surface area contributed by atoms with Crippen molar-refractivity contribution in [3.05, 3.63) is 29.8 Å². The van der Waals surface area contributed by atoms with Crippen LogP contribution in [0.25, 0.3) is 0 Å². The minimum absolute atomic E-state index is 0.0119. The summed E-state index contributed by atoms with van der Waals surface area (Å²) in [5, 5.41) is 35.9. The summed E-state index contributed by atoms with van der Waals surface area (Å²) in [6.45, 7) is 6.35. The highest BCUT2D eigenvalue weighted by Crippen LogP contribution is 2.12. The first-order chi connectivity index (χ1) is 15.4. The number of carbonyl (C=O) groups excluding carboxylic acids is 3. The van der Waals surface area contributed by atoms with E-state index in [-0.39, 0.29) is 18.1 Å². The van der Waals surface area contributed by atoms with E-state index >= 15 is 0 Å². The highest BCUT2D eigenvalue weighted by molar-refractivity contribution is 5.94. The number of carbonyl (C=O) groups is 4. The molecule has 1 rings (SSSR count). The first-order valence-corrected chi connectivity index (χ1v) is 10.7. The van der Waals surface area contributed by atoms with Gasteiger partial charge in [0.1, 0.15) is 23.9 Å². The van der Waals surface area contributed by atoms with Crippen molar-refractivity contribution >= 4 is 23.7 Å². The predicted molar refractivity (Wildman–Crippen MR) is 120 cm³/mol. The van der Waals surface area contributed by atoms with Gasteiger partial charge in [0.15, 0.2) is 0 Å². The fourth-order valence-electron chi connectivity index (χ4n) is 2.90. The molecule has 0 bridgehead atoms. The van der Waals surface area contributed by atoms with Crippen LogP contribution in [0.5, 0.6) is 5.75 Å². The molecule has 0 saturated heterocycles. The van der Waals surface area contributed by atoms with Crippen molar-refractivity contribution in [3.8, 4) is 5.75 Å². The molecule has 1 aromatic rings. The number of phenols is 1. The second kappa shape index (κ2) is 12.8. The molecule has 1 aromatic carbocycles. The molecule has 0 aliphatic rings. The Bertz CT molecular complexity index is 829. The predicted octanol–water partition coefficient (Wildman–Crippen LogP) is -0.752. The molecule has 6 atom stereocenters. The molecule has 0 heterocycles. The highest BCUT2D eigenvalue weighted by atomic mass is 16.4. The lowest BCUT2D eigenvalue weighted by Gasteiger charge is -2.26. The molecule has 0 aliphatic carbocycles. The summed E-state index contributed by atoms with van der Waals surface area (Å²) >= 11 is 0. The van der Waals surface area contributed by atoms with Crippen LogP contribution in [-0.4, -0.2) is 69.3 Å². The van der Waals surface area contributed by atoms with Gasteiger partial charge in [0.25, 0.3) is 0 Å². The zero-order valence-corrected chi connectivity index (χ0v) is 19.2. The van der Waals surface area contributed by atoms with Crippen molar-refractivity contribution in [3.63, 3.8) is 0 Å². The lowest BCUT2D eigenvalue weighted by atomic mass is 9.99. The number of phenolic OH excluding ortho intramolecular Hbond substituents is 1. The molecular weight excluding hydrogens is 432 g/mol. The molecule has 0 fully saturated rings. The number of carboxylic acid groups (broad SMARTS) is 1. The molecular formula is C22H34N4O7. The number of benzene rings is 1. The Kier molecular flexibility index (Phi) is 10.8. The van der Waals surface area contributed by atoms with Crippen LogP contribution in [-0.2, 0) is 25.6 Å². The van der Waals surface area contributed by atoms with Crippen molar-refractivity contribution in [2.45, 2.75) is 70.8 Å². The molecule has 0 aliphatic heterocycles. The van der Waals surface area contributed by atoms with Crippen molar-refractivity contribution < 1.29 is 34.5 Å². The van der Waals surface area contributed by atoms with Gasteiger partial charge in [-0.1, -0.05) is 32.4 Å². The Hall–Kier alpha value is -3.18. The second-order valence-electron chi connectivity index (χ2n) is 8.14. The maximum Gasteiger partial charge on any atom is 0.326 e. The monoisotopic (exact) mass is 466 g/mol. The summed E-state index contributed by atoms with van der Waals surface area (Å²) in [7, 11) is 0. The second-order valence-corrected chi connectivity index (χ2v) is 8.14. The van der Waals surface area contributed by atoms with Crippen LogP contribution in [0.1, 0.15) is 39.7 Å². The summed E-state index contributed by atoms with van der Waals surface area (Å²) in [6.07, 6.45) is -0.752. The Morgan fingerprint density at radius 1 is 0.939 bits per heavy atom. The zero-order valence-electron chi connectivity index (χ0n) is 19.2. The lowest BCUT2D eigenvalue weighted by molar-refractivity contribution is -0.143. The third-order valence-electron chi connectivity index (χ3n) is 5.37. The number of amides is 3. The van der Waals surface area contributed by atoms with E-state index in [1.54, 1.807) is 6.92 Å². The van der Waals surface area contributed by atoms with Gasteiger partial charge in [0, 0.05) is 6.42 Å². The Morgan fingerprint density at radius 3 is 2.00 bits per heavy atom. The molecule has 184 valence electrons. The number of aliphatic hydroxyl groups is 1. The van der Waals surface area contributed by atoms with E-state index in [9.17, 15) is 34.5 Å². The van der Waals surface area contributed by atoms with Gasteiger partial charge in [-0.25, -0.2) is 4.79 Å². The summed E-state index contributed by atoms with van der Waals surface area (Å²) in [6, 6.07) is 1.15. The van der Waals surface area contributed by atoms with Crippen molar-refractivity contribution in [1.29, 1.82) is 0 Å². The first-order valence-electron chi connectivity index (χ1n) is 10.7. The van der Waals surface area contributed by atoms with Crippen LogP contribution in [0.15, 0.2) is 24.3 Å². The van der Waals surface area contributed by atoms with Gasteiger partial charge in [0.05, 0.1) is 12.1 Å². The van der Waals surface area contributed by atoms with Crippen LogP contribution >= 0.6 is 0 Å². The van der Waals surface area contributed by atoms with Gasteiger partial charge in [-0.15, -0.1) is 0 Å². The Labute approximate surface area is 192 Å². The molecule has 8 N–H and O–H groups in total. The molecule has 0 radical (unpaired) electrons. The molecule has 6 unspecified atom stereocenters. The van der Waals surface area contributed by atoms with Gasteiger partial charge >= 0.3 is 5.97 Å². The standard InChI is InChI=1S/C22H34N4O7/c1-5-11(2)17(23)20(30)24-12(3)19(29)26-18(13(4)27)21(31)25-16(22(32)33)10-14-6-8-15(28)9-7-14/h6-9,11-13,16-18,27-28H,5,10,23H2,1-4H3,(H,24,30)(H,25,31)(H,26,29)(H,32,33). The molecule has 0 spiro atoms. The number of aromatic hydroxyl groups is 1. The average molecular weight is 467 g/mol. The van der Waals surface area contributed by atoms with Crippen molar-refractivity contribution in [2.75, 3.05) is 0 Å². The number of nitrogens with two attached hydrogens (primary N) is 1. The van der Waals surface area contributed by atoms with Gasteiger partial charge in [0.2, 0.25) is 17.7 Å². The largest absolute Gasteiger partial charge is 0.508 e. The molecule has 3 amide bonds. The number of hydrogen-bond acceptors (Lipinski definition) is 7. The molecule has 11 heteroatoms. The Morgan fingerprint density at radius 2 is 1.52 bits per heavy atom. The topological polar surface area (TPSA) is 191 Å². The van der Waals surface area contributed by atoms with Gasteiger partial charge in [-0.05, 0) is 37.5 Å². The SMILES string of the molecule is CCC(C)C(N)C(=O)NC(C)C(=O)NC(C(=O)NC(Cc1ccc(O)cc1)C(=O)O)C(C)O. The van der Waals surface area contributed by atoms with Crippen molar-refractivity contribution in [2.24, 2.45) is 11.7 Å². The maximum absolute atomic E-state index is 12.7. The van der Waals surface area contributed by atoms with Crippen LogP contribution < -0.4 is 21.7 Å². The van der Waals surface area contributed by atoms with E-state index in [2.05, 4.69) is 16.0 Å². The number of aliphatic carboxylic acids is 1. The summed E-state index contributed by atoms with van der Waals surface area (Å²) in [4.78, 5) is 49.0. The number of nitrogens with one attached hydrogen (secondary N) is 3. The fraction of sp³-hybridized carbons (Fsp3) is 0.545. The van der Waals surface area contributed by atoms with Gasteiger partial charge in [-0.3, -0.25) is 14.4 Å².